The smallest absolute Gasteiger partial charge is 0.352 e. The van der Waals surface area contributed by atoms with Crippen LogP contribution in [0.2, 0.25) is 0 Å². The first-order chi connectivity index (χ1) is 12.6. The van der Waals surface area contributed by atoms with E-state index >= 15 is 0 Å². The predicted molar refractivity (Wildman–Crippen MR) is 90.1 cm³/mol. The summed E-state index contributed by atoms with van der Waals surface area (Å²) in [6.45, 7) is 1.11. The van der Waals surface area contributed by atoms with Crippen molar-refractivity contribution in [3.63, 3.8) is 0 Å². The van der Waals surface area contributed by atoms with Crippen LogP contribution in [-0.2, 0) is 4.79 Å². The van der Waals surface area contributed by atoms with Crippen molar-refractivity contribution in [1.29, 1.82) is 0 Å². The third-order valence-corrected chi connectivity index (χ3v) is 4.58. The Bertz CT molecular complexity index is 737. The number of amides is 2. The molecule has 1 aromatic carbocycles. The van der Waals surface area contributed by atoms with Crippen LogP contribution in [0.4, 0.5) is 18.9 Å². The Morgan fingerprint density at radius 3 is 2.63 bits per heavy atom. The minimum Gasteiger partial charge on any atom is -0.352 e. The van der Waals surface area contributed by atoms with E-state index in [1.807, 2.05) is 0 Å². The average molecular weight is 387 g/mol. The number of rotatable bonds is 5. The Morgan fingerprint density at radius 1 is 1.30 bits per heavy atom. The van der Waals surface area contributed by atoms with Gasteiger partial charge in [0.2, 0.25) is 5.91 Å². The number of carbonyl (C=O) groups is 2. The first kappa shape index (κ1) is 20.7. The lowest BCUT2D eigenvalue weighted by Crippen LogP contribution is -2.45. The summed E-state index contributed by atoms with van der Waals surface area (Å²) in [4.78, 5) is 34.3. The van der Waals surface area contributed by atoms with Gasteiger partial charge in [0.15, 0.2) is 0 Å². The third-order valence-electron chi connectivity index (χ3n) is 4.58. The fraction of sp³-hybridized carbons (Fsp3) is 0.529. The molecular weight excluding hydrogens is 367 g/mol. The molecule has 2 rings (SSSR count). The lowest BCUT2D eigenvalue weighted by molar-refractivity contribution is -0.385. The maximum Gasteiger partial charge on any atom is 0.391 e. The van der Waals surface area contributed by atoms with Crippen LogP contribution in [0, 0.1) is 23.0 Å². The van der Waals surface area contributed by atoms with E-state index in [1.54, 1.807) is 0 Å². The van der Waals surface area contributed by atoms with Crippen molar-refractivity contribution in [2.24, 2.45) is 5.92 Å². The second kappa shape index (κ2) is 8.36. The van der Waals surface area contributed by atoms with E-state index in [1.165, 1.54) is 19.1 Å². The number of alkyl halides is 3. The molecule has 2 unspecified atom stereocenters. The Kier molecular flexibility index (Phi) is 6.40. The highest BCUT2D eigenvalue weighted by Gasteiger charge is 2.42. The highest BCUT2D eigenvalue weighted by molar-refractivity contribution is 5.97. The molecule has 0 aliphatic heterocycles. The van der Waals surface area contributed by atoms with Gasteiger partial charge in [-0.2, -0.15) is 13.2 Å². The molecule has 0 radical (unpaired) electrons. The van der Waals surface area contributed by atoms with Crippen LogP contribution in [0.5, 0.6) is 0 Å². The van der Waals surface area contributed by atoms with Crippen LogP contribution in [0.1, 0.15) is 41.6 Å². The van der Waals surface area contributed by atoms with Gasteiger partial charge in [0.1, 0.15) is 0 Å². The molecule has 0 spiro atoms. The Labute approximate surface area is 153 Å². The number of aryl methyl sites for hydroxylation is 1. The summed E-state index contributed by atoms with van der Waals surface area (Å²) >= 11 is 0. The van der Waals surface area contributed by atoms with E-state index in [2.05, 4.69) is 10.6 Å². The average Bonchev–Trinajstić information content (AvgIpc) is 2.59. The van der Waals surface area contributed by atoms with Gasteiger partial charge >= 0.3 is 6.18 Å². The first-order valence-corrected chi connectivity index (χ1v) is 8.47. The number of carbonyl (C=O) groups excluding carboxylic acids is 2. The molecule has 0 heterocycles. The summed E-state index contributed by atoms with van der Waals surface area (Å²) in [5.74, 6) is -2.71. The molecule has 2 atom stereocenters. The number of benzene rings is 1. The lowest BCUT2D eigenvalue weighted by Gasteiger charge is -2.31. The van der Waals surface area contributed by atoms with Gasteiger partial charge in [-0.25, -0.2) is 0 Å². The molecule has 0 bridgehead atoms. The molecule has 7 nitrogen and oxygen atoms in total. The second-order valence-corrected chi connectivity index (χ2v) is 6.61. The molecular formula is C17H20F3N3O4. The molecule has 27 heavy (non-hydrogen) atoms. The van der Waals surface area contributed by atoms with Crippen molar-refractivity contribution >= 4 is 17.5 Å². The lowest BCUT2D eigenvalue weighted by atomic mass is 9.85. The van der Waals surface area contributed by atoms with E-state index in [9.17, 15) is 32.9 Å². The summed E-state index contributed by atoms with van der Waals surface area (Å²) < 4.78 is 38.4. The molecule has 2 amide bonds. The van der Waals surface area contributed by atoms with Gasteiger partial charge < -0.3 is 10.6 Å². The van der Waals surface area contributed by atoms with E-state index < -0.39 is 41.4 Å². The standard InChI is InChI=1S/C17H20F3N3O4/c1-10-5-6-11(7-14(10)23(26)27)16(25)21-9-15(24)22-13-4-2-3-12(8-13)17(18,19)20/h5-7,12-13H,2-4,8-9H2,1H3,(H,21,25)(H,22,24). The fourth-order valence-corrected chi connectivity index (χ4v) is 3.11. The normalized spacial score (nSPS) is 20.0. The number of nitro benzene ring substituents is 1. The molecule has 1 saturated carbocycles. The van der Waals surface area contributed by atoms with E-state index in [4.69, 9.17) is 0 Å². The molecule has 0 aromatic heterocycles. The molecule has 1 aliphatic rings. The van der Waals surface area contributed by atoms with Crippen molar-refractivity contribution in [2.45, 2.75) is 44.8 Å². The molecule has 1 fully saturated rings. The third kappa shape index (κ3) is 5.66. The van der Waals surface area contributed by atoms with E-state index in [0.29, 0.717) is 18.4 Å². The first-order valence-electron chi connectivity index (χ1n) is 8.47. The predicted octanol–water partition coefficient (Wildman–Crippen LogP) is 2.87. The number of hydrogen-bond donors (Lipinski definition) is 2. The molecule has 1 aliphatic carbocycles. The number of nitrogens with zero attached hydrogens (tertiary/aromatic N) is 1. The molecule has 2 N–H and O–H groups in total. The monoisotopic (exact) mass is 387 g/mol. The second-order valence-electron chi connectivity index (χ2n) is 6.61. The van der Waals surface area contributed by atoms with Gasteiger partial charge in [0.05, 0.1) is 17.4 Å². The maximum atomic E-state index is 12.8. The number of nitrogens with one attached hydrogen (secondary N) is 2. The zero-order valence-corrected chi connectivity index (χ0v) is 14.6. The van der Waals surface area contributed by atoms with Gasteiger partial charge in [0.25, 0.3) is 11.6 Å². The number of hydrogen-bond acceptors (Lipinski definition) is 4. The quantitative estimate of drug-likeness (QED) is 0.599. The SMILES string of the molecule is Cc1ccc(C(=O)NCC(=O)NC2CCCC(C(F)(F)F)C2)cc1[N+](=O)[O-]. The van der Waals surface area contributed by atoms with Crippen LogP contribution >= 0.6 is 0 Å². The summed E-state index contributed by atoms with van der Waals surface area (Å²) in [6.07, 6.45) is -3.57. The van der Waals surface area contributed by atoms with E-state index in [-0.39, 0.29) is 24.1 Å². The van der Waals surface area contributed by atoms with Crippen molar-refractivity contribution < 1.29 is 27.7 Å². The fourth-order valence-electron chi connectivity index (χ4n) is 3.11. The molecule has 148 valence electrons. The zero-order valence-electron chi connectivity index (χ0n) is 14.6. The van der Waals surface area contributed by atoms with Crippen molar-refractivity contribution in [3.8, 4) is 0 Å². The van der Waals surface area contributed by atoms with Gasteiger partial charge in [0, 0.05) is 23.2 Å². The highest BCUT2D eigenvalue weighted by Crippen LogP contribution is 2.37. The van der Waals surface area contributed by atoms with Crippen LogP contribution in [0.25, 0.3) is 0 Å². The van der Waals surface area contributed by atoms with Gasteiger partial charge in [-0.3, -0.25) is 19.7 Å². The summed E-state index contributed by atoms with van der Waals surface area (Å²) in [7, 11) is 0. The van der Waals surface area contributed by atoms with Crippen LogP contribution in [0.3, 0.4) is 0 Å². The van der Waals surface area contributed by atoms with Gasteiger partial charge in [-0.1, -0.05) is 12.5 Å². The van der Waals surface area contributed by atoms with Gasteiger partial charge in [-0.05, 0) is 32.3 Å². The topological polar surface area (TPSA) is 101 Å². The van der Waals surface area contributed by atoms with Gasteiger partial charge in [-0.15, -0.1) is 0 Å². The molecule has 0 saturated heterocycles. The number of halogens is 3. The Balaban J connectivity index is 1.87. The van der Waals surface area contributed by atoms with Crippen LogP contribution < -0.4 is 10.6 Å². The number of nitro groups is 1. The highest BCUT2D eigenvalue weighted by atomic mass is 19.4. The van der Waals surface area contributed by atoms with Crippen LogP contribution in [-0.4, -0.2) is 35.5 Å². The Morgan fingerprint density at radius 2 is 2.00 bits per heavy atom. The molecule has 1 aromatic rings. The minimum absolute atomic E-state index is 0.0231. The zero-order chi connectivity index (χ0) is 20.2. The summed E-state index contributed by atoms with van der Waals surface area (Å²) in [5, 5.41) is 15.7. The Hall–Kier alpha value is -2.65. The largest absolute Gasteiger partial charge is 0.391 e. The molecule has 10 heteroatoms. The van der Waals surface area contributed by atoms with E-state index in [0.717, 1.165) is 6.07 Å². The minimum atomic E-state index is -4.28. The van der Waals surface area contributed by atoms with Crippen LogP contribution in [0.15, 0.2) is 18.2 Å². The van der Waals surface area contributed by atoms with Crippen molar-refractivity contribution in [3.05, 3.63) is 39.4 Å². The summed E-state index contributed by atoms with van der Waals surface area (Å²) in [5.41, 5.74) is 0.202. The summed E-state index contributed by atoms with van der Waals surface area (Å²) in [6, 6.07) is 3.34. The maximum absolute atomic E-state index is 12.8. The van der Waals surface area contributed by atoms with Crippen molar-refractivity contribution in [1.82, 2.24) is 10.6 Å². The van der Waals surface area contributed by atoms with Crippen molar-refractivity contribution in [2.75, 3.05) is 6.54 Å².